The highest BCUT2D eigenvalue weighted by Gasteiger charge is 2.51. The van der Waals surface area contributed by atoms with Gasteiger partial charge in [-0.3, -0.25) is 4.79 Å². The molecule has 0 spiro atoms. The quantitative estimate of drug-likeness (QED) is 0.656. The topological polar surface area (TPSA) is 48.0 Å². The minimum Gasteiger partial charge on any atom is -0.489 e. The first-order valence-electron chi connectivity index (χ1n) is 10.5. The average molecular weight is 409 g/mol. The number of carbonyl (C=O) groups is 1. The van der Waals surface area contributed by atoms with Crippen molar-refractivity contribution in [3.05, 3.63) is 59.7 Å². The van der Waals surface area contributed by atoms with Gasteiger partial charge in [-0.15, -0.1) is 0 Å². The van der Waals surface area contributed by atoms with E-state index in [1.165, 1.54) is 0 Å². The highest BCUT2D eigenvalue weighted by atomic mass is 16.7. The molecule has 2 aromatic carbocycles. The molecule has 30 heavy (non-hydrogen) atoms. The lowest BCUT2D eigenvalue weighted by Gasteiger charge is -2.32. The van der Waals surface area contributed by atoms with Crippen LogP contribution in [0.4, 0.5) is 0 Å². The molecule has 1 saturated heterocycles. The van der Waals surface area contributed by atoms with Crippen molar-refractivity contribution in [1.82, 2.24) is 4.90 Å². The van der Waals surface area contributed by atoms with Crippen molar-refractivity contribution < 1.29 is 18.8 Å². The van der Waals surface area contributed by atoms with E-state index in [4.69, 9.17) is 14.0 Å². The third kappa shape index (κ3) is 4.88. The first kappa shape index (κ1) is 22.4. The molecule has 5 nitrogen and oxygen atoms in total. The zero-order valence-electron chi connectivity index (χ0n) is 18.9. The van der Waals surface area contributed by atoms with Crippen molar-refractivity contribution in [3.63, 3.8) is 0 Å². The molecule has 0 saturated carbocycles. The molecule has 1 heterocycles. The van der Waals surface area contributed by atoms with Gasteiger partial charge in [-0.05, 0) is 51.7 Å². The van der Waals surface area contributed by atoms with E-state index in [1.807, 2.05) is 90.2 Å². The molecule has 1 amide bonds. The smallest absolute Gasteiger partial charge is 0.489 e. The Morgan fingerprint density at radius 3 is 2.27 bits per heavy atom. The van der Waals surface area contributed by atoms with Crippen LogP contribution in [-0.2, 0) is 27.1 Å². The number of benzene rings is 2. The van der Waals surface area contributed by atoms with E-state index in [0.29, 0.717) is 18.9 Å². The maximum atomic E-state index is 12.6. The molecule has 0 atom stereocenters. The first-order valence-corrected chi connectivity index (χ1v) is 10.5. The summed E-state index contributed by atoms with van der Waals surface area (Å²) in [7, 11) is 1.33. The molecular weight excluding hydrogens is 377 g/mol. The number of rotatable bonds is 7. The fourth-order valence-electron chi connectivity index (χ4n) is 3.21. The molecule has 0 radical (unpaired) electrons. The Balaban J connectivity index is 1.86. The summed E-state index contributed by atoms with van der Waals surface area (Å²) >= 11 is 0. The number of ether oxygens (including phenoxy) is 1. The highest BCUT2D eigenvalue weighted by molar-refractivity contribution is 6.62. The maximum absolute atomic E-state index is 12.6. The van der Waals surface area contributed by atoms with Crippen LogP contribution >= 0.6 is 0 Å². The third-order valence-electron chi connectivity index (χ3n) is 6.09. The van der Waals surface area contributed by atoms with Gasteiger partial charge in [-0.2, -0.15) is 0 Å². The molecule has 0 aliphatic carbocycles. The van der Waals surface area contributed by atoms with Gasteiger partial charge < -0.3 is 18.9 Å². The Bertz CT molecular complexity index is 866. The number of nitrogens with zero attached hydrogens (tertiary/aromatic N) is 1. The monoisotopic (exact) mass is 409 g/mol. The van der Waals surface area contributed by atoms with Gasteiger partial charge in [0.05, 0.1) is 17.6 Å². The van der Waals surface area contributed by atoms with Crippen LogP contribution in [0, 0.1) is 0 Å². The van der Waals surface area contributed by atoms with Crippen LogP contribution in [-0.4, -0.2) is 42.7 Å². The van der Waals surface area contributed by atoms with Crippen LogP contribution in [0.5, 0.6) is 5.75 Å². The maximum Gasteiger partial charge on any atom is 0.494 e. The summed E-state index contributed by atoms with van der Waals surface area (Å²) in [5, 5.41) is 0. The molecular formula is C24H32BNO4. The van der Waals surface area contributed by atoms with Crippen LogP contribution < -0.4 is 10.2 Å². The summed E-state index contributed by atoms with van der Waals surface area (Å²) in [5.41, 5.74) is 1.97. The Labute approximate surface area is 180 Å². The van der Waals surface area contributed by atoms with Crippen molar-refractivity contribution in [3.8, 4) is 5.75 Å². The summed E-state index contributed by atoms with van der Waals surface area (Å²) in [5.74, 6) is 0.755. The van der Waals surface area contributed by atoms with Crippen molar-refractivity contribution in [2.75, 3.05) is 13.6 Å². The van der Waals surface area contributed by atoms with Crippen LogP contribution in [0.2, 0.25) is 0 Å². The SMILES string of the molecule is CCN(C)C(=O)Cc1cc(B2OC(C)(C)C(C)(C)O2)ccc1OCc1ccccc1. The Morgan fingerprint density at radius 2 is 1.67 bits per heavy atom. The first-order chi connectivity index (χ1) is 14.1. The zero-order valence-corrected chi connectivity index (χ0v) is 18.9. The molecule has 0 bridgehead atoms. The Morgan fingerprint density at radius 1 is 1.03 bits per heavy atom. The second-order valence-corrected chi connectivity index (χ2v) is 8.81. The molecule has 0 aromatic heterocycles. The van der Waals surface area contributed by atoms with Gasteiger partial charge in [-0.1, -0.05) is 42.5 Å². The fraction of sp³-hybridized carbons (Fsp3) is 0.458. The zero-order chi connectivity index (χ0) is 21.9. The summed E-state index contributed by atoms with van der Waals surface area (Å²) in [6.07, 6.45) is 0.266. The summed E-state index contributed by atoms with van der Waals surface area (Å²) in [6.45, 7) is 11.2. The molecule has 1 aliphatic heterocycles. The van der Waals surface area contributed by atoms with Crippen molar-refractivity contribution in [2.45, 2.75) is 58.8 Å². The predicted molar refractivity (Wildman–Crippen MR) is 120 cm³/mol. The third-order valence-corrected chi connectivity index (χ3v) is 6.09. The minimum atomic E-state index is -0.476. The van der Waals surface area contributed by atoms with E-state index >= 15 is 0 Å². The number of hydrogen-bond acceptors (Lipinski definition) is 4. The second-order valence-electron chi connectivity index (χ2n) is 8.81. The number of carbonyl (C=O) groups excluding carboxylic acids is 1. The molecule has 1 aliphatic rings. The lowest BCUT2D eigenvalue weighted by molar-refractivity contribution is -0.129. The van der Waals surface area contributed by atoms with E-state index in [9.17, 15) is 4.79 Å². The van der Waals surface area contributed by atoms with E-state index in [0.717, 1.165) is 16.6 Å². The summed E-state index contributed by atoms with van der Waals surface area (Å²) < 4.78 is 18.5. The molecule has 0 N–H and O–H groups in total. The fourth-order valence-corrected chi connectivity index (χ4v) is 3.21. The largest absolute Gasteiger partial charge is 0.494 e. The van der Waals surface area contributed by atoms with Crippen LogP contribution in [0.3, 0.4) is 0 Å². The number of likely N-dealkylation sites (N-methyl/N-ethyl adjacent to an activating group) is 1. The molecule has 2 aromatic rings. The second kappa shape index (κ2) is 8.82. The minimum absolute atomic E-state index is 0.0492. The van der Waals surface area contributed by atoms with Crippen LogP contribution in [0.15, 0.2) is 48.5 Å². The molecule has 1 fully saturated rings. The lowest BCUT2D eigenvalue weighted by Crippen LogP contribution is -2.41. The predicted octanol–water partition coefficient (Wildman–Crippen LogP) is 3.59. The highest BCUT2D eigenvalue weighted by Crippen LogP contribution is 2.36. The van der Waals surface area contributed by atoms with Crippen LogP contribution in [0.1, 0.15) is 45.7 Å². The van der Waals surface area contributed by atoms with Gasteiger partial charge in [0, 0.05) is 19.2 Å². The van der Waals surface area contributed by atoms with Gasteiger partial charge in [0.15, 0.2) is 0 Å². The molecule has 3 rings (SSSR count). The Kier molecular flexibility index (Phi) is 6.58. The molecule has 0 unspecified atom stereocenters. The molecule has 160 valence electrons. The van der Waals surface area contributed by atoms with E-state index in [-0.39, 0.29) is 12.3 Å². The van der Waals surface area contributed by atoms with Crippen molar-refractivity contribution in [2.24, 2.45) is 0 Å². The standard InChI is InChI=1S/C24H32BNO4/c1-7-26(6)22(27)16-19-15-20(25-29-23(2,3)24(4,5)30-25)13-14-21(19)28-17-18-11-9-8-10-12-18/h8-15H,7,16-17H2,1-6H3. The van der Waals surface area contributed by atoms with E-state index in [2.05, 4.69) is 0 Å². The number of hydrogen-bond donors (Lipinski definition) is 0. The van der Waals surface area contributed by atoms with Crippen molar-refractivity contribution >= 4 is 18.5 Å². The van der Waals surface area contributed by atoms with Gasteiger partial charge in [0.1, 0.15) is 12.4 Å². The number of amides is 1. The summed E-state index contributed by atoms with van der Waals surface area (Å²) in [4.78, 5) is 14.3. The van der Waals surface area contributed by atoms with Gasteiger partial charge >= 0.3 is 7.12 Å². The van der Waals surface area contributed by atoms with Gasteiger partial charge in [0.2, 0.25) is 5.91 Å². The molecule has 6 heteroatoms. The summed E-state index contributed by atoms with van der Waals surface area (Å²) in [6, 6.07) is 15.8. The van der Waals surface area contributed by atoms with E-state index < -0.39 is 18.3 Å². The van der Waals surface area contributed by atoms with E-state index in [1.54, 1.807) is 4.90 Å². The Hall–Kier alpha value is -2.31. The normalized spacial score (nSPS) is 17.1. The van der Waals surface area contributed by atoms with Gasteiger partial charge in [0.25, 0.3) is 0 Å². The lowest BCUT2D eigenvalue weighted by atomic mass is 9.78. The van der Waals surface area contributed by atoms with Crippen molar-refractivity contribution in [1.29, 1.82) is 0 Å². The average Bonchev–Trinajstić information content (AvgIpc) is 2.94. The van der Waals surface area contributed by atoms with Crippen LogP contribution in [0.25, 0.3) is 0 Å². The van der Waals surface area contributed by atoms with Gasteiger partial charge in [-0.25, -0.2) is 0 Å².